The Bertz CT molecular complexity index is 1130. The first-order valence-electron chi connectivity index (χ1n) is 11.1. The minimum absolute atomic E-state index is 0.0311. The fourth-order valence-electron chi connectivity index (χ4n) is 4.77. The highest BCUT2D eigenvalue weighted by Gasteiger charge is 2.33. The highest BCUT2D eigenvalue weighted by atomic mass is 16.5. The molecule has 0 radical (unpaired) electrons. The van der Waals surface area contributed by atoms with E-state index in [0.29, 0.717) is 29.1 Å². The predicted molar refractivity (Wildman–Crippen MR) is 121 cm³/mol. The van der Waals surface area contributed by atoms with Gasteiger partial charge in [0, 0.05) is 5.56 Å². The van der Waals surface area contributed by atoms with E-state index in [1.165, 1.54) is 6.42 Å². The van der Waals surface area contributed by atoms with Crippen molar-refractivity contribution in [3.63, 3.8) is 0 Å². The van der Waals surface area contributed by atoms with Crippen LogP contribution < -0.4 is 0 Å². The molecule has 3 aromatic rings. The zero-order valence-corrected chi connectivity index (χ0v) is 18.4. The van der Waals surface area contributed by atoms with Gasteiger partial charge in [-0.1, -0.05) is 51.5 Å². The molecule has 1 fully saturated rings. The molecule has 31 heavy (non-hydrogen) atoms. The third-order valence-corrected chi connectivity index (χ3v) is 6.44. The summed E-state index contributed by atoms with van der Waals surface area (Å²) in [6.07, 6.45) is 3.20. The molecule has 2 unspecified atom stereocenters. The molecule has 1 aliphatic rings. The molecule has 0 amide bonds. The summed E-state index contributed by atoms with van der Waals surface area (Å²) in [6.45, 7) is 6.76. The Labute approximate surface area is 183 Å². The molecule has 0 N–H and O–H groups in total. The summed E-state index contributed by atoms with van der Waals surface area (Å²) in [5.41, 5.74) is 3.08. The number of ether oxygens (including phenoxy) is 1. The summed E-state index contributed by atoms with van der Waals surface area (Å²) in [5.74, 6) is 1.92. The normalized spacial score (nSPS) is 21.2. The minimum atomic E-state index is -0.231. The number of carbonyl (C=O) groups excluding carboxylic acids is 1. The van der Waals surface area contributed by atoms with Crippen molar-refractivity contribution in [3.05, 3.63) is 54.1 Å². The predicted octanol–water partition coefficient (Wildman–Crippen LogP) is 5.58. The van der Waals surface area contributed by atoms with Gasteiger partial charge in [-0.3, -0.25) is 4.79 Å². The molecule has 0 saturated heterocycles. The molecule has 1 aromatic heterocycles. The largest absolute Gasteiger partial charge is 0.461 e. The van der Waals surface area contributed by atoms with Gasteiger partial charge >= 0.3 is 5.97 Å². The first kappa shape index (κ1) is 21.1. The van der Waals surface area contributed by atoms with Crippen LogP contribution in [0.25, 0.3) is 22.4 Å². The topological polar surface area (TPSA) is 67.9 Å². The highest BCUT2D eigenvalue weighted by Crippen LogP contribution is 2.35. The second kappa shape index (κ2) is 8.93. The van der Waals surface area contributed by atoms with Gasteiger partial charge in [0.05, 0.1) is 22.7 Å². The number of para-hydroxylation sites is 2. The lowest BCUT2D eigenvalue weighted by Gasteiger charge is -2.36. The maximum atomic E-state index is 13.1. The van der Waals surface area contributed by atoms with Gasteiger partial charge in [0.25, 0.3) is 0 Å². The van der Waals surface area contributed by atoms with Crippen LogP contribution in [0.3, 0.4) is 0 Å². The van der Waals surface area contributed by atoms with E-state index in [2.05, 4.69) is 26.8 Å². The lowest BCUT2D eigenvalue weighted by atomic mass is 9.75. The zero-order chi connectivity index (χ0) is 22.0. The van der Waals surface area contributed by atoms with E-state index in [1.807, 2.05) is 41.0 Å². The molecule has 5 heteroatoms. The van der Waals surface area contributed by atoms with E-state index in [9.17, 15) is 10.1 Å². The lowest BCUT2D eigenvalue weighted by Crippen LogP contribution is -2.36. The second-order valence-electron chi connectivity index (χ2n) is 9.06. The number of nitriles is 1. The minimum Gasteiger partial charge on any atom is -0.461 e. The van der Waals surface area contributed by atoms with Gasteiger partial charge in [-0.25, -0.2) is 4.98 Å². The third kappa shape index (κ3) is 4.49. The highest BCUT2D eigenvalue weighted by molar-refractivity contribution is 5.83. The quantitative estimate of drug-likeness (QED) is 0.510. The number of hydrogen-bond donors (Lipinski definition) is 0. The van der Waals surface area contributed by atoms with Crippen molar-refractivity contribution in [1.29, 1.82) is 5.26 Å². The number of nitrogens with zero attached hydrogens (tertiary/aromatic N) is 3. The van der Waals surface area contributed by atoms with Gasteiger partial charge in [-0.05, 0) is 54.9 Å². The fraction of sp³-hybridized carbons (Fsp3) is 0.423. The number of hydrogen-bond acceptors (Lipinski definition) is 4. The molecule has 4 rings (SSSR count). The summed E-state index contributed by atoms with van der Waals surface area (Å²) >= 11 is 0. The van der Waals surface area contributed by atoms with Gasteiger partial charge in [0.15, 0.2) is 0 Å². The van der Waals surface area contributed by atoms with Crippen LogP contribution in [-0.2, 0) is 16.1 Å². The molecule has 5 nitrogen and oxygen atoms in total. The zero-order valence-electron chi connectivity index (χ0n) is 18.4. The van der Waals surface area contributed by atoms with E-state index in [-0.39, 0.29) is 18.6 Å². The third-order valence-electron chi connectivity index (χ3n) is 6.44. The van der Waals surface area contributed by atoms with Crippen LogP contribution in [0.15, 0.2) is 48.5 Å². The molecule has 3 atom stereocenters. The number of rotatable bonds is 5. The van der Waals surface area contributed by atoms with Crippen molar-refractivity contribution < 1.29 is 9.53 Å². The van der Waals surface area contributed by atoms with Crippen LogP contribution in [0, 0.1) is 29.1 Å². The van der Waals surface area contributed by atoms with Gasteiger partial charge < -0.3 is 9.30 Å². The summed E-state index contributed by atoms with van der Waals surface area (Å²) in [6, 6.07) is 17.3. The van der Waals surface area contributed by atoms with E-state index < -0.39 is 0 Å². The van der Waals surface area contributed by atoms with Crippen LogP contribution in [0.5, 0.6) is 0 Å². The molecular formula is C26H29N3O2. The molecule has 0 aliphatic heterocycles. The summed E-state index contributed by atoms with van der Waals surface area (Å²) < 4.78 is 7.96. The Morgan fingerprint density at radius 2 is 2.03 bits per heavy atom. The van der Waals surface area contributed by atoms with E-state index >= 15 is 0 Å². The van der Waals surface area contributed by atoms with E-state index in [1.54, 1.807) is 12.1 Å². The number of fused-ring (bicyclic) bond motifs is 1. The Balaban J connectivity index is 1.64. The molecule has 0 spiro atoms. The average Bonchev–Trinajstić information content (AvgIpc) is 3.12. The van der Waals surface area contributed by atoms with Crippen molar-refractivity contribution in [2.24, 2.45) is 17.8 Å². The smallest absolute Gasteiger partial charge is 0.326 e. The van der Waals surface area contributed by atoms with Gasteiger partial charge in [-0.2, -0.15) is 5.26 Å². The average molecular weight is 416 g/mol. The van der Waals surface area contributed by atoms with Gasteiger partial charge in [0.1, 0.15) is 18.5 Å². The van der Waals surface area contributed by atoms with Crippen molar-refractivity contribution in [3.8, 4) is 17.5 Å². The summed E-state index contributed by atoms with van der Waals surface area (Å²) in [5, 5.41) is 9.29. The van der Waals surface area contributed by atoms with Crippen LogP contribution in [0.1, 0.15) is 45.6 Å². The van der Waals surface area contributed by atoms with Crippen LogP contribution >= 0.6 is 0 Å². The Morgan fingerprint density at radius 3 is 2.81 bits per heavy atom. The van der Waals surface area contributed by atoms with Crippen molar-refractivity contribution in [2.75, 3.05) is 0 Å². The Hall–Kier alpha value is -3.13. The monoisotopic (exact) mass is 415 g/mol. The number of aromatic nitrogens is 2. The Kier molecular flexibility index (Phi) is 6.08. The first-order valence-corrected chi connectivity index (χ1v) is 11.1. The molecule has 1 heterocycles. The molecule has 1 saturated carbocycles. The summed E-state index contributed by atoms with van der Waals surface area (Å²) in [4.78, 5) is 17.8. The fourth-order valence-corrected chi connectivity index (χ4v) is 4.77. The van der Waals surface area contributed by atoms with Gasteiger partial charge in [-0.15, -0.1) is 0 Å². The van der Waals surface area contributed by atoms with Crippen molar-refractivity contribution >= 4 is 17.0 Å². The van der Waals surface area contributed by atoms with Crippen molar-refractivity contribution in [2.45, 2.75) is 52.7 Å². The van der Waals surface area contributed by atoms with E-state index in [0.717, 1.165) is 29.4 Å². The standard InChI is InChI=1S/C26H29N3O2/c1-17(2)21-12-11-18(3)13-24(21)31-25(30)16-29-23-10-5-4-9-22(23)28-26(29)20-8-6-7-19(14-20)15-27/h4-10,14,17-18,21,24H,11-13,16H2,1-3H3/t18?,21?,24-/m1/s1. The molecule has 2 aromatic carbocycles. The number of imidazole rings is 1. The van der Waals surface area contributed by atoms with E-state index in [4.69, 9.17) is 9.72 Å². The van der Waals surface area contributed by atoms with Gasteiger partial charge in [0.2, 0.25) is 0 Å². The lowest BCUT2D eigenvalue weighted by molar-refractivity contribution is -0.156. The van der Waals surface area contributed by atoms with Crippen molar-refractivity contribution in [1.82, 2.24) is 9.55 Å². The van der Waals surface area contributed by atoms with Crippen LogP contribution in [0.2, 0.25) is 0 Å². The molecule has 1 aliphatic carbocycles. The van der Waals surface area contributed by atoms with Crippen LogP contribution in [0.4, 0.5) is 0 Å². The maximum Gasteiger partial charge on any atom is 0.326 e. The summed E-state index contributed by atoms with van der Waals surface area (Å²) in [7, 11) is 0. The maximum absolute atomic E-state index is 13.1. The van der Waals surface area contributed by atoms with Crippen LogP contribution in [-0.4, -0.2) is 21.6 Å². The Morgan fingerprint density at radius 1 is 1.23 bits per heavy atom. The first-order chi connectivity index (χ1) is 15.0. The number of carbonyl (C=O) groups is 1. The molecule has 160 valence electrons. The number of benzene rings is 2. The molecule has 0 bridgehead atoms. The SMILES string of the molecule is CC1CCC(C(C)C)[C@H](OC(=O)Cn2c(-c3cccc(C#N)c3)nc3ccccc32)C1. The molecular weight excluding hydrogens is 386 g/mol. The number of esters is 1. The second-order valence-corrected chi connectivity index (χ2v) is 9.06.